The Hall–Kier alpha value is -5.95. The molecule has 6 nitrogen and oxygen atoms in total. The van der Waals surface area contributed by atoms with Gasteiger partial charge in [0.15, 0.2) is 5.82 Å². The molecule has 8 rings (SSSR count). The lowest BCUT2D eigenvalue weighted by Crippen LogP contribution is -1.98. The first-order chi connectivity index (χ1) is 21.2. The van der Waals surface area contributed by atoms with Gasteiger partial charge in [-0.25, -0.2) is 19.9 Å². The molecule has 0 radical (unpaired) electrons. The van der Waals surface area contributed by atoms with Gasteiger partial charge in [0.05, 0.1) is 27.9 Å². The van der Waals surface area contributed by atoms with E-state index >= 15 is 0 Å². The Balaban J connectivity index is 1.26. The van der Waals surface area contributed by atoms with Gasteiger partial charge in [0.2, 0.25) is 5.95 Å². The van der Waals surface area contributed by atoms with E-state index in [1.807, 2.05) is 84.9 Å². The first-order valence-electron chi connectivity index (χ1n) is 13.8. The monoisotopic (exact) mass is 556 g/mol. The summed E-state index contributed by atoms with van der Waals surface area (Å²) in [6.07, 6.45) is 3.51. The van der Waals surface area contributed by atoms with Gasteiger partial charge < -0.3 is 0 Å². The van der Waals surface area contributed by atoms with E-state index in [1.54, 1.807) is 18.5 Å². The third kappa shape index (κ3) is 4.44. The Bertz CT molecular complexity index is 2290. The number of halogens is 1. The van der Waals surface area contributed by atoms with Gasteiger partial charge in [0.25, 0.3) is 0 Å². The Morgan fingerprint density at radius 2 is 1.14 bits per heavy atom. The summed E-state index contributed by atoms with van der Waals surface area (Å²) in [5, 5.41) is 2.67. The van der Waals surface area contributed by atoms with Crippen LogP contribution in [0.25, 0.3) is 78.0 Å². The van der Waals surface area contributed by atoms with Crippen molar-refractivity contribution in [3.8, 4) is 45.3 Å². The highest BCUT2D eigenvalue weighted by Gasteiger charge is 2.17. The van der Waals surface area contributed by atoms with E-state index in [9.17, 15) is 4.39 Å². The maximum atomic E-state index is 14.0. The van der Waals surface area contributed by atoms with Crippen molar-refractivity contribution in [2.75, 3.05) is 0 Å². The number of hydrogen-bond acceptors (Lipinski definition) is 6. The number of pyridine rings is 4. The Morgan fingerprint density at radius 1 is 0.465 bits per heavy atom. The van der Waals surface area contributed by atoms with Crippen molar-refractivity contribution in [3.05, 3.63) is 134 Å². The fourth-order valence-electron chi connectivity index (χ4n) is 5.45. The van der Waals surface area contributed by atoms with Crippen LogP contribution in [0.1, 0.15) is 0 Å². The molecule has 0 aliphatic carbocycles. The predicted molar refractivity (Wildman–Crippen MR) is 167 cm³/mol. The van der Waals surface area contributed by atoms with Crippen LogP contribution in [0.3, 0.4) is 0 Å². The topological polar surface area (TPSA) is 77.3 Å². The molecule has 0 saturated heterocycles. The molecule has 3 aromatic carbocycles. The second-order valence-electron chi connectivity index (χ2n) is 10.1. The van der Waals surface area contributed by atoms with E-state index in [0.717, 1.165) is 55.4 Å². The van der Waals surface area contributed by atoms with Crippen molar-refractivity contribution >= 4 is 32.7 Å². The molecule has 0 bridgehead atoms. The van der Waals surface area contributed by atoms with Crippen LogP contribution in [0, 0.1) is 5.95 Å². The Morgan fingerprint density at radius 3 is 1.88 bits per heavy atom. The highest BCUT2D eigenvalue weighted by molar-refractivity contribution is 6.04. The average Bonchev–Trinajstić information content (AvgIpc) is 3.08. The van der Waals surface area contributed by atoms with Crippen molar-refractivity contribution in [2.45, 2.75) is 0 Å². The molecule has 0 aliphatic rings. The molecular weight excluding hydrogens is 535 g/mol. The van der Waals surface area contributed by atoms with Gasteiger partial charge in [-0.05, 0) is 59.7 Å². The molecule has 0 saturated carbocycles. The van der Waals surface area contributed by atoms with E-state index in [-0.39, 0.29) is 0 Å². The summed E-state index contributed by atoms with van der Waals surface area (Å²) in [6, 6.07) is 36.8. The standard InChI is InChI=1S/C36H21FN6/c37-31-19-17-25-15-14-24-16-18-27(40-33(24)34(25)42-31)23-12-10-22(11-13-23)26-6-5-9-28-32(26)35(29-7-1-3-20-38-29)43-36(41-28)30-8-2-4-21-39-30/h1-21H. The number of hydrogen-bond donors (Lipinski definition) is 0. The van der Waals surface area contributed by atoms with Crippen LogP contribution in [0.2, 0.25) is 0 Å². The number of aromatic nitrogens is 6. The zero-order valence-electron chi connectivity index (χ0n) is 22.7. The van der Waals surface area contributed by atoms with Gasteiger partial charge in [-0.3, -0.25) is 9.97 Å². The predicted octanol–water partition coefficient (Wildman–Crippen LogP) is 8.32. The molecule has 0 amide bonds. The lowest BCUT2D eigenvalue weighted by Gasteiger charge is -2.13. The van der Waals surface area contributed by atoms with Crippen molar-refractivity contribution in [3.63, 3.8) is 0 Å². The molecule has 7 heteroatoms. The Kier molecular flexibility index (Phi) is 5.86. The van der Waals surface area contributed by atoms with E-state index in [4.69, 9.17) is 15.0 Å². The van der Waals surface area contributed by atoms with Gasteiger partial charge in [-0.15, -0.1) is 0 Å². The largest absolute Gasteiger partial charge is 0.255 e. The second kappa shape index (κ2) is 10.2. The third-order valence-electron chi connectivity index (χ3n) is 7.50. The van der Waals surface area contributed by atoms with Gasteiger partial charge in [-0.2, -0.15) is 4.39 Å². The highest BCUT2D eigenvalue weighted by atomic mass is 19.1. The van der Waals surface area contributed by atoms with Gasteiger partial charge in [-0.1, -0.05) is 66.7 Å². The van der Waals surface area contributed by atoms with E-state index in [0.29, 0.717) is 22.6 Å². The molecule has 8 aromatic rings. The molecule has 0 aliphatic heterocycles. The fourth-order valence-corrected chi connectivity index (χ4v) is 5.45. The number of fused-ring (bicyclic) bond motifs is 4. The van der Waals surface area contributed by atoms with Gasteiger partial charge in [0.1, 0.15) is 11.4 Å². The van der Waals surface area contributed by atoms with Crippen molar-refractivity contribution in [1.29, 1.82) is 0 Å². The minimum atomic E-state index is -0.521. The number of benzene rings is 3. The normalized spacial score (nSPS) is 11.4. The summed E-state index contributed by atoms with van der Waals surface area (Å²) >= 11 is 0. The first-order valence-corrected chi connectivity index (χ1v) is 13.8. The van der Waals surface area contributed by atoms with Crippen molar-refractivity contribution < 1.29 is 4.39 Å². The molecule has 43 heavy (non-hydrogen) atoms. The van der Waals surface area contributed by atoms with Crippen LogP contribution in [-0.4, -0.2) is 29.9 Å². The third-order valence-corrected chi connectivity index (χ3v) is 7.50. The van der Waals surface area contributed by atoms with Crippen LogP contribution in [0.5, 0.6) is 0 Å². The molecule has 0 N–H and O–H groups in total. The van der Waals surface area contributed by atoms with E-state index in [2.05, 4.69) is 33.2 Å². The van der Waals surface area contributed by atoms with Crippen LogP contribution in [0.15, 0.2) is 128 Å². The zero-order chi connectivity index (χ0) is 28.8. The van der Waals surface area contributed by atoms with Crippen LogP contribution >= 0.6 is 0 Å². The molecule has 202 valence electrons. The SMILES string of the molecule is Fc1ccc2ccc3ccc(-c4ccc(-c5cccc6nc(-c7ccccn7)nc(-c7ccccn7)c56)cc4)nc3c2n1. The minimum absolute atomic E-state index is 0.521. The molecule has 5 heterocycles. The molecular formula is C36H21FN6. The van der Waals surface area contributed by atoms with E-state index < -0.39 is 5.95 Å². The maximum absolute atomic E-state index is 14.0. The lowest BCUT2D eigenvalue weighted by molar-refractivity contribution is 0.589. The molecule has 0 fully saturated rings. The molecule has 0 spiro atoms. The number of nitrogens with zero attached hydrogens (tertiary/aromatic N) is 6. The average molecular weight is 557 g/mol. The zero-order valence-corrected chi connectivity index (χ0v) is 22.7. The lowest BCUT2D eigenvalue weighted by atomic mass is 9.96. The molecule has 0 unspecified atom stereocenters. The van der Waals surface area contributed by atoms with Crippen LogP contribution in [0.4, 0.5) is 4.39 Å². The van der Waals surface area contributed by atoms with Gasteiger partial charge in [0, 0.05) is 34.1 Å². The van der Waals surface area contributed by atoms with E-state index in [1.165, 1.54) is 6.07 Å². The quantitative estimate of drug-likeness (QED) is 0.160. The molecule has 5 aromatic heterocycles. The summed E-state index contributed by atoms with van der Waals surface area (Å²) in [5.41, 5.74) is 7.97. The van der Waals surface area contributed by atoms with Crippen LogP contribution in [-0.2, 0) is 0 Å². The van der Waals surface area contributed by atoms with Gasteiger partial charge >= 0.3 is 0 Å². The van der Waals surface area contributed by atoms with Crippen LogP contribution < -0.4 is 0 Å². The summed E-state index contributed by atoms with van der Waals surface area (Å²) in [6.45, 7) is 0. The second-order valence-corrected chi connectivity index (χ2v) is 10.1. The summed E-state index contributed by atoms with van der Waals surface area (Å²) in [7, 11) is 0. The fraction of sp³-hybridized carbons (Fsp3) is 0. The maximum Gasteiger partial charge on any atom is 0.213 e. The summed E-state index contributed by atoms with van der Waals surface area (Å²) in [5.74, 6) is 0.0263. The van der Waals surface area contributed by atoms with Crippen molar-refractivity contribution in [1.82, 2.24) is 29.9 Å². The smallest absolute Gasteiger partial charge is 0.213 e. The Labute approximate surface area is 245 Å². The number of rotatable bonds is 4. The molecule has 0 atom stereocenters. The summed E-state index contributed by atoms with van der Waals surface area (Å²) in [4.78, 5) is 28.0. The van der Waals surface area contributed by atoms with Crippen molar-refractivity contribution in [2.24, 2.45) is 0 Å². The first kappa shape index (κ1) is 24.8. The highest BCUT2D eigenvalue weighted by Crippen LogP contribution is 2.36. The summed E-state index contributed by atoms with van der Waals surface area (Å²) < 4.78 is 14.0. The minimum Gasteiger partial charge on any atom is -0.255 e.